The Balaban J connectivity index is 1.70. The number of rotatable bonds is 11. The van der Waals surface area contributed by atoms with Crippen LogP contribution in [0.4, 0.5) is 0 Å². The van der Waals surface area contributed by atoms with Gasteiger partial charge in [-0.15, -0.1) is 0 Å². The molecule has 0 heterocycles. The number of oxime groups is 1. The highest BCUT2D eigenvalue weighted by molar-refractivity contribution is 8.03. The smallest absolute Gasteiger partial charge is 0.312 e. The fourth-order valence-corrected chi connectivity index (χ4v) is 4.17. The lowest BCUT2D eigenvalue weighted by Crippen LogP contribution is -2.16. The Labute approximate surface area is 200 Å². The van der Waals surface area contributed by atoms with Gasteiger partial charge in [0.2, 0.25) is 5.78 Å². The summed E-state index contributed by atoms with van der Waals surface area (Å²) >= 11 is 1.69. The largest absolute Gasteiger partial charge is 0.365 e. The molecule has 0 saturated carbocycles. The quantitative estimate of drug-likeness (QED) is 0.114. The lowest BCUT2D eigenvalue weighted by molar-refractivity contribution is 0.0514. The number of unbranched alkanes of at least 4 members (excludes halogenated alkanes) is 3. The van der Waals surface area contributed by atoms with Gasteiger partial charge in [0.15, 0.2) is 0 Å². The summed E-state index contributed by atoms with van der Waals surface area (Å²) in [4.78, 5) is 32.9. The molecular formula is C28H29NO3S. The van der Waals surface area contributed by atoms with Crippen LogP contribution in [0.1, 0.15) is 66.2 Å². The molecule has 0 fully saturated rings. The number of benzene rings is 2. The molecule has 1 aliphatic carbocycles. The predicted molar refractivity (Wildman–Crippen MR) is 136 cm³/mol. The number of thioether (sulfide) groups is 1. The second kappa shape index (κ2) is 13.4. The van der Waals surface area contributed by atoms with E-state index in [2.05, 4.69) is 24.2 Å². The first-order chi connectivity index (χ1) is 16.2. The van der Waals surface area contributed by atoms with Crippen molar-refractivity contribution in [2.24, 2.45) is 5.16 Å². The molecule has 0 atom stereocenters. The van der Waals surface area contributed by atoms with E-state index in [0.717, 1.165) is 37.0 Å². The average Bonchev–Trinajstić information content (AvgIpc) is 3.12. The normalized spacial score (nSPS) is 13.4. The first-order valence-corrected chi connectivity index (χ1v) is 12.2. The van der Waals surface area contributed by atoms with Gasteiger partial charge in [-0.25, -0.2) is 4.79 Å². The summed E-state index contributed by atoms with van der Waals surface area (Å²) in [6, 6.07) is 16.2. The standard InChI is InChI=1S/C28H29NO3S/c1-2-3-4-12-17-26(29-32-28(31)23-13-8-7-9-14-23)27(30)22-18-20-25(21-19-22)33-24-15-10-5-6-11-16-24/h5-11,13-15,18-21H,2-4,12,16-17H2,1H3/b29-26-. The fraction of sp³-hybridized carbons (Fsp3) is 0.250. The van der Waals surface area contributed by atoms with Gasteiger partial charge in [0.1, 0.15) is 5.71 Å². The predicted octanol–water partition coefficient (Wildman–Crippen LogP) is 7.54. The van der Waals surface area contributed by atoms with E-state index in [4.69, 9.17) is 4.84 Å². The summed E-state index contributed by atoms with van der Waals surface area (Å²) in [5.41, 5.74) is 1.22. The van der Waals surface area contributed by atoms with Crippen molar-refractivity contribution < 1.29 is 14.4 Å². The zero-order valence-corrected chi connectivity index (χ0v) is 19.7. The molecule has 2 aromatic rings. The summed E-state index contributed by atoms with van der Waals surface area (Å²) in [6.45, 7) is 2.14. The molecule has 1 aliphatic rings. The van der Waals surface area contributed by atoms with Gasteiger partial charge in [-0.05, 0) is 60.6 Å². The van der Waals surface area contributed by atoms with E-state index in [-0.39, 0.29) is 11.5 Å². The number of Topliss-reactive ketones (excluding diaryl/α,β-unsaturated/α-hetero) is 1. The molecule has 4 nitrogen and oxygen atoms in total. The maximum Gasteiger partial charge on any atom is 0.365 e. The van der Waals surface area contributed by atoms with Gasteiger partial charge >= 0.3 is 5.97 Å². The van der Waals surface area contributed by atoms with Crippen LogP contribution >= 0.6 is 11.8 Å². The first-order valence-electron chi connectivity index (χ1n) is 11.4. The van der Waals surface area contributed by atoms with E-state index in [1.807, 2.05) is 48.6 Å². The number of hydrogen-bond acceptors (Lipinski definition) is 5. The lowest BCUT2D eigenvalue weighted by Gasteiger charge is -2.08. The van der Waals surface area contributed by atoms with Crippen molar-refractivity contribution in [3.05, 3.63) is 101 Å². The van der Waals surface area contributed by atoms with Crippen LogP contribution in [0, 0.1) is 0 Å². The van der Waals surface area contributed by atoms with Crippen molar-refractivity contribution in [3.8, 4) is 0 Å². The van der Waals surface area contributed by atoms with Crippen LogP contribution in [0.5, 0.6) is 0 Å². The van der Waals surface area contributed by atoms with E-state index in [1.165, 1.54) is 4.91 Å². The summed E-state index contributed by atoms with van der Waals surface area (Å²) in [6.07, 6.45) is 15.7. The van der Waals surface area contributed by atoms with E-state index >= 15 is 0 Å². The van der Waals surface area contributed by atoms with Crippen molar-refractivity contribution in [1.29, 1.82) is 0 Å². The van der Waals surface area contributed by atoms with Gasteiger partial charge in [0.25, 0.3) is 0 Å². The van der Waals surface area contributed by atoms with Crippen molar-refractivity contribution in [2.75, 3.05) is 0 Å². The highest BCUT2D eigenvalue weighted by atomic mass is 32.2. The molecule has 0 amide bonds. The molecule has 0 N–H and O–H groups in total. The zero-order valence-electron chi connectivity index (χ0n) is 18.9. The summed E-state index contributed by atoms with van der Waals surface area (Å²) in [5.74, 6) is -0.774. The molecule has 33 heavy (non-hydrogen) atoms. The van der Waals surface area contributed by atoms with Crippen LogP contribution < -0.4 is 0 Å². The molecule has 0 aromatic heterocycles. The Morgan fingerprint density at radius 3 is 2.45 bits per heavy atom. The Morgan fingerprint density at radius 1 is 0.909 bits per heavy atom. The van der Waals surface area contributed by atoms with Crippen LogP contribution in [0.3, 0.4) is 0 Å². The minimum absolute atomic E-state index is 0.205. The third kappa shape index (κ3) is 8.03. The van der Waals surface area contributed by atoms with Crippen molar-refractivity contribution in [3.63, 3.8) is 0 Å². The maximum atomic E-state index is 13.1. The van der Waals surface area contributed by atoms with Crippen LogP contribution in [0.15, 0.2) is 99.9 Å². The van der Waals surface area contributed by atoms with Crippen LogP contribution in [-0.4, -0.2) is 17.5 Å². The van der Waals surface area contributed by atoms with Gasteiger partial charge in [-0.1, -0.05) is 91.7 Å². The molecule has 3 rings (SSSR count). The second-order valence-electron chi connectivity index (χ2n) is 7.70. The Bertz CT molecular complexity index is 1050. The highest BCUT2D eigenvalue weighted by Gasteiger charge is 2.17. The Morgan fingerprint density at radius 2 is 1.70 bits per heavy atom. The van der Waals surface area contributed by atoms with Gasteiger partial charge in [0, 0.05) is 10.5 Å². The number of hydrogen-bond donors (Lipinski definition) is 0. The third-order valence-electron chi connectivity index (χ3n) is 5.10. The zero-order chi connectivity index (χ0) is 23.3. The monoisotopic (exact) mass is 459 g/mol. The molecule has 5 heteroatoms. The highest BCUT2D eigenvalue weighted by Crippen LogP contribution is 2.30. The summed E-state index contributed by atoms with van der Waals surface area (Å²) in [7, 11) is 0. The molecule has 0 bridgehead atoms. The first kappa shape index (κ1) is 24.5. The number of allylic oxidation sites excluding steroid dienone is 6. The van der Waals surface area contributed by atoms with Gasteiger partial charge in [0.05, 0.1) is 5.56 Å². The van der Waals surface area contributed by atoms with Crippen molar-refractivity contribution >= 4 is 29.2 Å². The molecule has 0 aliphatic heterocycles. The molecule has 170 valence electrons. The van der Waals surface area contributed by atoms with Crippen LogP contribution in [0.25, 0.3) is 0 Å². The van der Waals surface area contributed by atoms with E-state index in [0.29, 0.717) is 17.5 Å². The van der Waals surface area contributed by atoms with Gasteiger partial charge in [-0.3, -0.25) is 4.79 Å². The number of ketones is 1. The van der Waals surface area contributed by atoms with Gasteiger partial charge in [-0.2, -0.15) is 0 Å². The summed E-state index contributed by atoms with van der Waals surface area (Å²) < 4.78 is 0. The molecule has 2 aromatic carbocycles. The summed E-state index contributed by atoms with van der Waals surface area (Å²) in [5, 5.41) is 3.99. The molecule has 0 radical (unpaired) electrons. The molecular weight excluding hydrogens is 430 g/mol. The minimum Gasteiger partial charge on any atom is -0.312 e. The number of carbonyl (C=O) groups excluding carboxylic acids is 2. The molecule has 0 unspecified atom stereocenters. The maximum absolute atomic E-state index is 13.1. The molecule has 0 saturated heterocycles. The number of nitrogens with zero attached hydrogens (tertiary/aromatic N) is 1. The lowest BCUT2D eigenvalue weighted by atomic mass is 10.0. The van der Waals surface area contributed by atoms with E-state index < -0.39 is 5.97 Å². The Hall–Kier alpha value is -3.18. The average molecular weight is 460 g/mol. The SMILES string of the molecule is CCCCCC/C(=N/OC(=O)c1ccccc1)C(=O)c1ccc(SC2=CC=CC=CC2)cc1. The second-order valence-corrected chi connectivity index (χ2v) is 8.90. The molecule has 0 spiro atoms. The number of carbonyl (C=O) groups is 2. The minimum atomic E-state index is -0.569. The fourth-order valence-electron chi connectivity index (χ4n) is 3.27. The topological polar surface area (TPSA) is 55.7 Å². The van der Waals surface area contributed by atoms with Crippen LogP contribution in [0.2, 0.25) is 0 Å². The van der Waals surface area contributed by atoms with Crippen molar-refractivity contribution in [2.45, 2.75) is 50.3 Å². The van der Waals surface area contributed by atoms with Crippen LogP contribution in [-0.2, 0) is 4.84 Å². The van der Waals surface area contributed by atoms with Crippen molar-refractivity contribution in [1.82, 2.24) is 0 Å². The Kier molecular flexibility index (Phi) is 9.92. The van der Waals surface area contributed by atoms with Gasteiger partial charge < -0.3 is 4.84 Å². The third-order valence-corrected chi connectivity index (χ3v) is 6.18. The van der Waals surface area contributed by atoms with E-state index in [1.54, 1.807) is 36.0 Å². The van der Waals surface area contributed by atoms with E-state index in [9.17, 15) is 9.59 Å².